The quantitative estimate of drug-likeness (QED) is 0.616. The summed E-state index contributed by atoms with van der Waals surface area (Å²) < 4.78 is 0. The SMILES string of the molecule is Nc1ccc(/N=N/c2cccnc2)c(N)n1.[NaH].[NaH]. The first-order chi connectivity index (χ1) is 7.75. The molecule has 0 bridgehead atoms. The molecule has 6 nitrogen and oxygen atoms in total. The molecule has 0 spiro atoms. The van der Waals surface area contributed by atoms with E-state index >= 15 is 0 Å². The number of hydrogen-bond acceptors (Lipinski definition) is 6. The van der Waals surface area contributed by atoms with Gasteiger partial charge in [0.25, 0.3) is 0 Å². The predicted octanol–water partition coefficient (Wildman–Crippen LogP) is 0.759. The second-order valence-corrected chi connectivity index (χ2v) is 3.05. The molecule has 8 heteroatoms. The van der Waals surface area contributed by atoms with Crippen molar-refractivity contribution >= 4 is 82.1 Å². The maximum absolute atomic E-state index is 5.63. The van der Waals surface area contributed by atoms with Gasteiger partial charge in [0.05, 0.1) is 6.20 Å². The van der Waals surface area contributed by atoms with Crippen molar-refractivity contribution in [2.75, 3.05) is 11.5 Å². The zero-order chi connectivity index (χ0) is 11.4. The van der Waals surface area contributed by atoms with Crippen LogP contribution in [-0.2, 0) is 0 Å². The normalized spacial score (nSPS) is 9.56. The van der Waals surface area contributed by atoms with E-state index in [0.717, 1.165) is 0 Å². The van der Waals surface area contributed by atoms with Crippen molar-refractivity contribution in [1.29, 1.82) is 0 Å². The van der Waals surface area contributed by atoms with E-state index in [0.29, 0.717) is 17.2 Å². The van der Waals surface area contributed by atoms with Gasteiger partial charge in [0.2, 0.25) is 0 Å². The molecule has 0 atom stereocenters. The van der Waals surface area contributed by atoms with Gasteiger partial charge in [-0.05, 0) is 24.3 Å². The summed E-state index contributed by atoms with van der Waals surface area (Å²) in [5.41, 5.74) is 12.2. The van der Waals surface area contributed by atoms with E-state index in [-0.39, 0.29) is 64.9 Å². The van der Waals surface area contributed by atoms with Gasteiger partial charge in [-0.25, -0.2) is 4.98 Å². The van der Waals surface area contributed by atoms with Crippen molar-refractivity contribution in [3.05, 3.63) is 36.7 Å². The Morgan fingerprint density at radius 1 is 1.00 bits per heavy atom. The minimum atomic E-state index is 0. The van der Waals surface area contributed by atoms with Crippen LogP contribution in [0.5, 0.6) is 0 Å². The standard InChI is InChI=1S/C10H10N6.2Na.2H/c11-9-4-3-8(10(12)14-9)16-15-7-2-1-5-13-6-7;;;;/h1-6H,(H4,11,12,14);;;;/b16-15+;;;;. The number of pyridine rings is 2. The molecule has 2 aromatic heterocycles. The van der Waals surface area contributed by atoms with Crippen LogP contribution in [0.2, 0.25) is 0 Å². The molecule has 2 rings (SSSR count). The van der Waals surface area contributed by atoms with E-state index in [1.54, 1.807) is 36.7 Å². The Bertz CT molecular complexity index is 517. The number of aromatic nitrogens is 2. The fourth-order valence-corrected chi connectivity index (χ4v) is 1.09. The molecule has 18 heavy (non-hydrogen) atoms. The number of azo groups is 1. The van der Waals surface area contributed by atoms with Crippen LogP contribution in [0.1, 0.15) is 0 Å². The monoisotopic (exact) mass is 262 g/mol. The van der Waals surface area contributed by atoms with Gasteiger partial charge in [-0.15, -0.1) is 10.2 Å². The molecule has 0 aromatic carbocycles. The van der Waals surface area contributed by atoms with Crippen LogP contribution in [0.25, 0.3) is 0 Å². The summed E-state index contributed by atoms with van der Waals surface area (Å²) >= 11 is 0. The van der Waals surface area contributed by atoms with Gasteiger partial charge in [-0.3, -0.25) is 4.98 Å². The van der Waals surface area contributed by atoms with Crippen molar-refractivity contribution in [2.45, 2.75) is 0 Å². The van der Waals surface area contributed by atoms with Gasteiger partial charge in [-0.1, -0.05) is 0 Å². The van der Waals surface area contributed by atoms with Crippen molar-refractivity contribution < 1.29 is 0 Å². The molecule has 0 fully saturated rings. The van der Waals surface area contributed by atoms with Gasteiger partial charge in [0, 0.05) is 6.20 Å². The van der Waals surface area contributed by atoms with Gasteiger partial charge < -0.3 is 11.5 Å². The Balaban J connectivity index is 0.00000144. The number of anilines is 2. The number of nitrogens with two attached hydrogens (primary N) is 2. The third kappa shape index (κ3) is 5.01. The van der Waals surface area contributed by atoms with Crippen LogP contribution in [0.15, 0.2) is 46.9 Å². The Morgan fingerprint density at radius 3 is 2.39 bits per heavy atom. The first kappa shape index (κ1) is 17.5. The summed E-state index contributed by atoms with van der Waals surface area (Å²) in [6, 6.07) is 6.85. The molecule has 2 heterocycles. The van der Waals surface area contributed by atoms with E-state index < -0.39 is 0 Å². The van der Waals surface area contributed by atoms with Gasteiger partial charge in [0.15, 0.2) is 5.82 Å². The second kappa shape index (κ2) is 8.58. The zero-order valence-electron chi connectivity index (χ0n) is 8.41. The van der Waals surface area contributed by atoms with E-state index in [9.17, 15) is 0 Å². The molecule has 84 valence electrons. The topological polar surface area (TPSA) is 103 Å². The molecule has 0 saturated heterocycles. The molecule has 0 unspecified atom stereocenters. The molecule has 0 amide bonds. The molecule has 4 N–H and O–H groups in total. The number of nitrogen functional groups attached to an aromatic ring is 2. The average Bonchev–Trinajstić information content (AvgIpc) is 2.29. The molecular formula is C10H12N6Na2. The van der Waals surface area contributed by atoms with Crippen molar-refractivity contribution in [3.8, 4) is 0 Å². The molecular weight excluding hydrogens is 250 g/mol. The molecule has 0 aliphatic carbocycles. The number of hydrogen-bond donors (Lipinski definition) is 2. The second-order valence-electron chi connectivity index (χ2n) is 3.05. The predicted molar refractivity (Wildman–Crippen MR) is 75.8 cm³/mol. The summed E-state index contributed by atoms with van der Waals surface area (Å²) in [5, 5.41) is 7.93. The number of nitrogens with zero attached hydrogens (tertiary/aromatic N) is 4. The Hall–Kier alpha value is -0.500. The van der Waals surface area contributed by atoms with Crippen LogP contribution < -0.4 is 11.5 Å². The van der Waals surface area contributed by atoms with Crippen molar-refractivity contribution in [3.63, 3.8) is 0 Å². The van der Waals surface area contributed by atoms with E-state index in [2.05, 4.69) is 20.2 Å². The van der Waals surface area contributed by atoms with Crippen LogP contribution >= 0.6 is 0 Å². The van der Waals surface area contributed by atoms with E-state index in [1.165, 1.54) is 0 Å². The van der Waals surface area contributed by atoms with Crippen molar-refractivity contribution in [1.82, 2.24) is 9.97 Å². The Labute approximate surface area is 149 Å². The van der Waals surface area contributed by atoms with E-state index in [1.807, 2.05) is 0 Å². The zero-order valence-corrected chi connectivity index (χ0v) is 8.41. The first-order valence-corrected chi connectivity index (χ1v) is 4.59. The molecule has 0 radical (unpaired) electrons. The Kier molecular flexibility index (Phi) is 8.34. The number of rotatable bonds is 2. The molecule has 0 saturated carbocycles. The first-order valence-electron chi connectivity index (χ1n) is 4.59. The summed E-state index contributed by atoms with van der Waals surface area (Å²) in [4.78, 5) is 7.78. The van der Waals surface area contributed by atoms with E-state index in [4.69, 9.17) is 11.5 Å². The van der Waals surface area contributed by atoms with Crippen LogP contribution in [0, 0.1) is 0 Å². The minimum absolute atomic E-state index is 0. The maximum atomic E-state index is 5.63. The van der Waals surface area contributed by atoms with Crippen LogP contribution in [0.4, 0.5) is 23.0 Å². The average molecular weight is 262 g/mol. The summed E-state index contributed by atoms with van der Waals surface area (Å²) in [6.07, 6.45) is 3.27. The Morgan fingerprint density at radius 2 is 1.78 bits per heavy atom. The molecule has 2 aromatic rings. The summed E-state index contributed by atoms with van der Waals surface area (Å²) in [5.74, 6) is 0.616. The van der Waals surface area contributed by atoms with Crippen LogP contribution in [0.3, 0.4) is 0 Å². The molecule has 0 aliphatic heterocycles. The third-order valence-corrected chi connectivity index (χ3v) is 1.84. The van der Waals surface area contributed by atoms with Crippen LogP contribution in [-0.4, -0.2) is 69.1 Å². The van der Waals surface area contributed by atoms with Gasteiger partial charge >= 0.3 is 59.1 Å². The summed E-state index contributed by atoms with van der Waals surface area (Å²) in [7, 11) is 0. The summed E-state index contributed by atoms with van der Waals surface area (Å²) in [6.45, 7) is 0. The van der Waals surface area contributed by atoms with Gasteiger partial charge in [-0.2, -0.15) is 0 Å². The molecule has 0 aliphatic rings. The van der Waals surface area contributed by atoms with Gasteiger partial charge in [0.1, 0.15) is 17.2 Å². The van der Waals surface area contributed by atoms with Crippen molar-refractivity contribution in [2.24, 2.45) is 10.2 Å². The third-order valence-electron chi connectivity index (χ3n) is 1.84. The fraction of sp³-hybridized carbons (Fsp3) is 0. The fourth-order valence-electron chi connectivity index (χ4n) is 1.09.